The molecule has 0 N–H and O–H groups in total. The molecule has 1 amide bonds. The quantitative estimate of drug-likeness (QED) is 0.780. The molecule has 1 aromatic carbocycles. The minimum Gasteiger partial charge on any atom is -0.375 e. The summed E-state index contributed by atoms with van der Waals surface area (Å²) in [6, 6.07) is 11.4. The van der Waals surface area contributed by atoms with E-state index in [0.717, 1.165) is 50.9 Å². The molecule has 1 atom stereocenters. The molecular weight excluding hydrogens is 362 g/mol. The Morgan fingerprint density at radius 3 is 2.41 bits per heavy atom. The monoisotopic (exact) mass is 399 g/mol. The third kappa shape index (κ3) is 5.01. The van der Waals surface area contributed by atoms with Crippen molar-refractivity contribution in [3.8, 4) is 0 Å². The van der Waals surface area contributed by atoms with Crippen molar-refractivity contribution in [2.75, 3.05) is 45.9 Å². The van der Waals surface area contributed by atoms with Gasteiger partial charge in [-0.1, -0.05) is 30.3 Å². The lowest BCUT2D eigenvalue weighted by atomic mass is 9.81. The van der Waals surface area contributed by atoms with Crippen LogP contribution in [0.15, 0.2) is 30.3 Å². The van der Waals surface area contributed by atoms with Gasteiger partial charge in [0.15, 0.2) is 0 Å². The Labute approximate surface area is 176 Å². The largest absolute Gasteiger partial charge is 0.375 e. The van der Waals surface area contributed by atoms with Crippen molar-refractivity contribution < 1.29 is 9.53 Å². The number of hydrogen-bond acceptors (Lipinski definition) is 4. The molecule has 1 aromatic rings. The van der Waals surface area contributed by atoms with Crippen LogP contribution in [-0.4, -0.2) is 84.2 Å². The van der Waals surface area contributed by atoms with E-state index in [1.165, 1.54) is 26.2 Å². The van der Waals surface area contributed by atoms with E-state index in [1.807, 2.05) is 35.2 Å². The van der Waals surface area contributed by atoms with Crippen LogP contribution in [0, 0.1) is 0 Å². The minimum absolute atomic E-state index is 0.0123. The zero-order chi connectivity index (χ0) is 20.3. The van der Waals surface area contributed by atoms with E-state index >= 15 is 0 Å². The maximum absolute atomic E-state index is 12.7. The van der Waals surface area contributed by atoms with Crippen LogP contribution in [0.25, 0.3) is 0 Å². The van der Waals surface area contributed by atoms with E-state index < -0.39 is 0 Å². The number of hydrogen-bond donors (Lipinski definition) is 0. The number of likely N-dealkylation sites (tertiary alicyclic amines) is 1. The fraction of sp³-hybridized carbons (Fsp3) is 0.708. The second-order valence-corrected chi connectivity index (χ2v) is 9.39. The van der Waals surface area contributed by atoms with Gasteiger partial charge in [0.2, 0.25) is 5.91 Å². The Morgan fingerprint density at radius 1 is 1.07 bits per heavy atom. The minimum atomic E-state index is -0.0123. The van der Waals surface area contributed by atoms with Crippen molar-refractivity contribution >= 4 is 5.91 Å². The Morgan fingerprint density at radius 2 is 1.76 bits per heavy atom. The highest BCUT2D eigenvalue weighted by Gasteiger charge is 2.42. The molecule has 4 rings (SSSR count). The number of carbonyl (C=O) groups excluding carboxylic acids is 1. The van der Waals surface area contributed by atoms with Crippen LogP contribution >= 0.6 is 0 Å². The third-order valence-corrected chi connectivity index (χ3v) is 7.29. The Balaban J connectivity index is 1.28. The van der Waals surface area contributed by atoms with E-state index in [2.05, 4.69) is 23.6 Å². The summed E-state index contributed by atoms with van der Waals surface area (Å²) < 4.78 is 6.36. The molecule has 0 bridgehead atoms. The van der Waals surface area contributed by atoms with Gasteiger partial charge in [0.1, 0.15) is 0 Å². The third-order valence-electron chi connectivity index (χ3n) is 7.29. The molecule has 3 fully saturated rings. The van der Waals surface area contributed by atoms with E-state index in [1.54, 1.807) is 0 Å². The fourth-order valence-electron chi connectivity index (χ4n) is 5.33. The molecule has 0 saturated carbocycles. The first-order valence-electron chi connectivity index (χ1n) is 11.5. The first-order valence-corrected chi connectivity index (χ1v) is 11.5. The summed E-state index contributed by atoms with van der Waals surface area (Å²) in [5.74, 6) is 0.253. The summed E-state index contributed by atoms with van der Waals surface area (Å²) in [6.07, 6.45) is 4.76. The van der Waals surface area contributed by atoms with Crippen LogP contribution in [0.4, 0.5) is 0 Å². The summed E-state index contributed by atoms with van der Waals surface area (Å²) in [5, 5.41) is 0. The molecule has 5 nitrogen and oxygen atoms in total. The van der Waals surface area contributed by atoms with Crippen molar-refractivity contribution in [3.05, 3.63) is 35.9 Å². The zero-order valence-electron chi connectivity index (χ0n) is 18.2. The zero-order valence-corrected chi connectivity index (χ0v) is 18.2. The first kappa shape index (κ1) is 20.8. The molecule has 0 aromatic heterocycles. The summed E-state index contributed by atoms with van der Waals surface area (Å²) in [6.45, 7) is 11.9. The summed E-state index contributed by atoms with van der Waals surface area (Å²) in [4.78, 5) is 20.0. The molecular formula is C24H37N3O2. The van der Waals surface area contributed by atoms with Crippen molar-refractivity contribution in [2.24, 2.45) is 0 Å². The van der Waals surface area contributed by atoms with Crippen molar-refractivity contribution in [2.45, 2.75) is 63.6 Å². The number of amides is 1. The van der Waals surface area contributed by atoms with Gasteiger partial charge in [0.25, 0.3) is 0 Å². The predicted octanol–water partition coefficient (Wildman–Crippen LogP) is 2.80. The lowest BCUT2D eigenvalue weighted by molar-refractivity contribution is -0.150. The van der Waals surface area contributed by atoms with Gasteiger partial charge in [-0.05, 0) is 45.1 Å². The second kappa shape index (κ2) is 9.15. The lowest BCUT2D eigenvalue weighted by Crippen LogP contribution is -2.58. The molecule has 0 aliphatic carbocycles. The number of carbonyl (C=O) groups is 1. The van der Waals surface area contributed by atoms with E-state index in [9.17, 15) is 4.79 Å². The van der Waals surface area contributed by atoms with Gasteiger partial charge >= 0.3 is 0 Å². The van der Waals surface area contributed by atoms with E-state index in [4.69, 9.17) is 4.74 Å². The van der Waals surface area contributed by atoms with Crippen LogP contribution in [0.1, 0.15) is 45.1 Å². The van der Waals surface area contributed by atoms with E-state index in [-0.39, 0.29) is 11.5 Å². The smallest absolute Gasteiger partial charge is 0.226 e. The van der Waals surface area contributed by atoms with Crippen LogP contribution < -0.4 is 0 Å². The maximum atomic E-state index is 12.7. The molecule has 3 aliphatic rings. The highest BCUT2D eigenvalue weighted by Crippen LogP contribution is 2.37. The number of rotatable bonds is 4. The van der Waals surface area contributed by atoms with Crippen LogP contribution in [0.2, 0.25) is 0 Å². The Hall–Kier alpha value is -1.43. The van der Waals surface area contributed by atoms with Crippen LogP contribution in [-0.2, 0) is 16.0 Å². The van der Waals surface area contributed by atoms with Gasteiger partial charge in [0.05, 0.1) is 12.0 Å². The van der Waals surface area contributed by atoms with Gasteiger partial charge in [-0.2, -0.15) is 0 Å². The highest BCUT2D eigenvalue weighted by atomic mass is 16.5. The van der Waals surface area contributed by atoms with Crippen molar-refractivity contribution in [1.82, 2.24) is 14.7 Å². The molecule has 5 heteroatoms. The van der Waals surface area contributed by atoms with Crippen LogP contribution in [0.3, 0.4) is 0 Å². The standard InChI is InChI=1S/C24H37N3O2/c1-20(2)25-13-15-26(16-14-25)22-8-17-29-24(19-22)9-11-27(12-10-24)23(28)18-21-6-4-3-5-7-21/h3-7,20,22H,8-19H2,1-2H3/t22-/m1/s1. The molecule has 0 radical (unpaired) electrons. The van der Waals surface area contributed by atoms with Gasteiger partial charge in [0, 0.05) is 58.0 Å². The topological polar surface area (TPSA) is 36.0 Å². The van der Waals surface area contributed by atoms with Gasteiger partial charge < -0.3 is 9.64 Å². The average Bonchev–Trinajstić information content (AvgIpc) is 2.75. The average molecular weight is 400 g/mol. The molecule has 3 aliphatic heterocycles. The second-order valence-electron chi connectivity index (χ2n) is 9.39. The van der Waals surface area contributed by atoms with Gasteiger partial charge in [-0.25, -0.2) is 0 Å². The summed E-state index contributed by atoms with van der Waals surface area (Å²) in [5.41, 5.74) is 1.09. The predicted molar refractivity (Wildman–Crippen MR) is 116 cm³/mol. The maximum Gasteiger partial charge on any atom is 0.226 e. The van der Waals surface area contributed by atoms with Gasteiger partial charge in [-0.15, -0.1) is 0 Å². The van der Waals surface area contributed by atoms with Crippen molar-refractivity contribution in [1.29, 1.82) is 0 Å². The first-order chi connectivity index (χ1) is 14.0. The van der Waals surface area contributed by atoms with Crippen molar-refractivity contribution in [3.63, 3.8) is 0 Å². The molecule has 3 heterocycles. The normalized spacial score (nSPS) is 26.2. The molecule has 3 saturated heterocycles. The van der Waals surface area contributed by atoms with Crippen LogP contribution in [0.5, 0.6) is 0 Å². The molecule has 29 heavy (non-hydrogen) atoms. The molecule has 160 valence electrons. The highest BCUT2D eigenvalue weighted by molar-refractivity contribution is 5.78. The number of piperidine rings is 1. The Kier molecular flexibility index (Phi) is 6.57. The number of nitrogens with zero attached hydrogens (tertiary/aromatic N) is 3. The van der Waals surface area contributed by atoms with E-state index in [0.29, 0.717) is 18.5 Å². The summed E-state index contributed by atoms with van der Waals surface area (Å²) in [7, 11) is 0. The van der Waals surface area contributed by atoms with Gasteiger partial charge in [-0.3, -0.25) is 14.6 Å². The Bertz CT molecular complexity index is 662. The number of benzene rings is 1. The SMILES string of the molecule is CC(C)N1CCN([C@@H]2CCOC3(CCN(C(=O)Cc4ccccc4)CC3)C2)CC1. The molecule has 0 unspecified atom stereocenters. The summed E-state index contributed by atoms with van der Waals surface area (Å²) >= 11 is 0. The number of ether oxygens (including phenoxy) is 1. The molecule has 1 spiro atoms. The lowest BCUT2D eigenvalue weighted by Gasteiger charge is -2.50. The number of piperazine rings is 1. The fourth-order valence-corrected chi connectivity index (χ4v) is 5.33.